The molecule has 0 aliphatic heterocycles. The Morgan fingerprint density at radius 3 is 2.72 bits per heavy atom. The maximum atomic E-state index is 12.3. The molecule has 0 aromatic heterocycles. The molecule has 0 aliphatic carbocycles. The maximum absolute atomic E-state index is 12.3. The summed E-state index contributed by atoms with van der Waals surface area (Å²) in [5, 5.41) is 9.77. The van der Waals surface area contributed by atoms with E-state index in [-0.39, 0.29) is 17.6 Å². The van der Waals surface area contributed by atoms with Crippen molar-refractivity contribution in [3.05, 3.63) is 29.3 Å². The van der Waals surface area contributed by atoms with Crippen LogP contribution in [0.2, 0.25) is 0 Å². The molecule has 3 N–H and O–H groups in total. The lowest BCUT2D eigenvalue weighted by Crippen LogP contribution is -2.36. The lowest BCUT2D eigenvalue weighted by Gasteiger charge is -2.24. The normalized spacial score (nSPS) is 12.2. The van der Waals surface area contributed by atoms with E-state index in [1.54, 1.807) is 23.1 Å². The van der Waals surface area contributed by atoms with Gasteiger partial charge in [0.05, 0.1) is 5.56 Å². The molecule has 1 unspecified atom stereocenters. The summed E-state index contributed by atoms with van der Waals surface area (Å²) in [6.45, 7) is 7.59. The predicted molar refractivity (Wildman–Crippen MR) is 72.6 cm³/mol. The molecular weight excluding hydrogens is 228 g/mol. The summed E-state index contributed by atoms with van der Waals surface area (Å²) in [5.74, 6) is 0.143. The Bertz CT molecular complexity index is 418. The van der Waals surface area contributed by atoms with Crippen molar-refractivity contribution >= 4 is 5.91 Å². The van der Waals surface area contributed by atoms with Crippen LogP contribution in [0.15, 0.2) is 18.2 Å². The van der Waals surface area contributed by atoms with E-state index in [1.807, 2.05) is 20.8 Å². The number of nitrogens with two attached hydrogens (primary N) is 1. The summed E-state index contributed by atoms with van der Waals surface area (Å²) in [6.07, 6.45) is 0. The molecule has 0 spiro atoms. The number of phenolic OH excluding ortho intramolecular Hbond substituents is 1. The third kappa shape index (κ3) is 3.47. The van der Waals surface area contributed by atoms with E-state index in [9.17, 15) is 9.90 Å². The molecule has 4 heteroatoms. The molecule has 1 aromatic rings. The first-order valence-electron chi connectivity index (χ1n) is 6.28. The largest absolute Gasteiger partial charge is 0.507 e. The Balaban J connectivity index is 2.92. The van der Waals surface area contributed by atoms with Crippen molar-refractivity contribution in [2.75, 3.05) is 19.6 Å². The number of amides is 1. The van der Waals surface area contributed by atoms with Gasteiger partial charge in [-0.1, -0.05) is 18.6 Å². The molecule has 0 saturated carbocycles. The third-order valence-corrected chi connectivity index (χ3v) is 2.99. The van der Waals surface area contributed by atoms with Crippen LogP contribution in [0.4, 0.5) is 0 Å². The fourth-order valence-electron chi connectivity index (χ4n) is 1.80. The van der Waals surface area contributed by atoms with Gasteiger partial charge in [0, 0.05) is 13.1 Å². The minimum absolute atomic E-state index is 0.0319. The number of benzene rings is 1. The minimum atomic E-state index is -0.140. The van der Waals surface area contributed by atoms with E-state index in [4.69, 9.17) is 5.73 Å². The van der Waals surface area contributed by atoms with Crippen molar-refractivity contribution in [3.63, 3.8) is 0 Å². The molecule has 0 saturated heterocycles. The van der Waals surface area contributed by atoms with Gasteiger partial charge in [-0.2, -0.15) is 0 Å². The van der Waals surface area contributed by atoms with Gasteiger partial charge in [0.1, 0.15) is 5.75 Å². The van der Waals surface area contributed by atoms with Crippen LogP contribution in [-0.2, 0) is 0 Å². The smallest absolute Gasteiger partial charge is 0.257 e. The number of carbonyl (C=O) groups is 1. The monoisotopic (exact) mass is 250 g/mol. The number of nitrogens with zero attached hydrogens (tertiary/aromatic N) is 1. The Morgan fingerprint density at radius 2 is 2.17 bits per heavy atom. The van der Waals surface area contributed by atoms with Crippen molar-refractivity contribution < 1.29 is 9.90 Å². The van der Waals surface area contributed by atoms with Crippen LogP contribution in [0.25, 0.3) is 0 Å². The summed E-state index contributed by atoms with van der Waals surface area (Å²) in [6, 6.07) is 5.06. The van der Waals surface area contributed by atoms with E-state index in [0.717, 1.165) is 5.56 Å². The molecule has 4 nitrogen and oxygen atoms in total. The van der Waals surface area contributed by atoms with Gasteiger partial charge in [-0.15, -0.1) is 0 Å². The SMILES string of the molecule is CCN(CC(C)CN)C(=O)c1cc(C)ccc1O. The van der Waals surface area contributed by atoms with Gasteiger partial charge < -0.3 is 15.7 Å². The van der Waals surface area contributed by atoms with Crippen molar-refractivity contribution in [2.24, 2.45) is 11.7 Å². The van der Waals surface area contributed by atoms with E-state index in [0.29, 0.717) is 25.2 Å². The highest BCUT2D eigenvalue weighted by molar-refractivity contribution is 5.97. The lowest BCUT2D eigenvalue weighted by molar-refractivity contribution is 0.0740. The number of phenols is 1. The van der Waals surface area contributed by atoms with Crippen molar-refractivity contribution in [1.29, 1.82) is 0 Å². The molecule has 0 heterocycles. The number of rotatable bonds is 5. The molecular formula is C14H22N2O2. The molecule has 1 amide bonds. The topological polar surface area (TPSA) is 66.6 Å². The van der Waals surface area contributed by atoms with Gasteiger partial charge in [-0.25, -0.2) is 0 Å². The van der Waals surface area contributed by atoms with Gasteiger partial charge in [0.15, 0.2) is 0 Å². The fraction of sp³-hybridized carbons (Fsp3) is 0.500. The zero-order valence-corrected chi connectivity index (χ0v) is 11.3. The van der Waals surface area contributed by atoms with Crippen LogP contribution in [-0.4, -0.2) is 35.5 Å². The number of hydrogen-bond donors (Lipinski definition) is 2. The lowest BCUT2D eigenvalue weighted by atomic mass is 10.1. The van der Waals surface area contributed by atoms with Gasteiger partial charge in [0.25, 0.3) is 5.91 Å². The second-order valence-corrected chi connectivity index (χ2v) is 4.71. The van der Waals surface area contributed by atoms with Gasteiger partial charge in [0.2, 0.25) is 0 Å². The highest BCUT2D eigenvalue weighted by atomic mass is 16.3. The molecule has 1 aromatic carbocycles. The molecule has 0 aliphatic rings. The van der Waals surface area contributed by atoms with E-state index < -0.39 is 0 Å². The summed E-state index contributed by atoms with van der Waals surface area (Å²) >= 11 is 0. The van der Waals surface area contributed by atoms with E-state index in [1.165, 1.54) is 0 Å². The highest BCUT2D eigenvalue weighted by Gasteiger charge is 2.19. The van der Waals surface area contributed by atoms with Crippen molar-refractivity contribution in [1.82, 2.24) is 4.90 Å². The van der Waals surface area contributed by atoms with Crippen LogP contribution >= 0.6 is 0 Å². The van der Waals surface area contributed by atoms with Crippen molar-refractivity contribution in [2.45, 2.75) is 20.8 Å². The fourth-order valence-corrected chi connectivity index (χ4v) is 1.80. The Morgan fingerprint density at radius 1 is 1.50 bits per heavy atom. The summed E-state index contributed by atoms with van der Waals surface area (Å²) in [7, 11) is 0. The average molecular weight is 250 g/mol. The maximum Gasteiger partial charge on any atom is 0.257 e. The van der Waals surface area contributed by atoms with Crippen LogP contribution < -0.4 is 5.73 Å². The second-order valence-electron chi connectivity index (χ2n) is 4.71. The van der Waals surface area contributed by atoms with Gasteiger partial charge in [-0.05, 0) is 38.4 Å². The summed E-state index contributed by atoms with van der Waals surface area (Å²) < 4.78 is 0. The standard InChI is InChI=1S/C14H22N2O2/c1-4-16(9-11(3)8-15)14(18)12-7-10(2)5-6-13(12)17/h5-7,11,17H,4,8-9,15H2,1-3H3. The number of aryl methyl sites for hydroxylation is 1. The molecule has 18 heavy (non-hydrogen) atoms. The molecule has 0 radical (unpaired) electrons. The minimum Gasteiger partial charge on any atom is -0.507 e. The van der Waals surface area contributed by atoms with Crippen LogP contribution in [0.5, 0.6) is 5.75 Å². The first-order valence-corrected chi connectivity index (χ1v) is 6.28. The van der Waals surface area contributed by atoms with Crippen LogP contribution in [0, 0.1) is 12.8 Å². The highest BCUT2D eigenvalue weighted by Crippen LogP contribution is 2.20. The average Bonchev–Trinajstić information content (AvgIpc) is 2.37. The van der Waals surface area contributed by atoms with E-state index in [2.05, 4.69) is 0 Å². The first kappa shape index (κ1) is 14.5. The first-order chi connectivity index (χ1) is 8.49. The molecule has 0 bridgehead atoms. The Hall–Kier alpha value is -1.55. The summed E-state index contributed by atoms with van der Waals surface area (Å²) in [5.41, 5.74) is 6.90. The van der Waals surface area contributed by atoms with Crippen LogP contribution in [0.1, 0.15) is 29.8 Å². The quantitative estimate of drug-likeness (QED) is 0.836. The second kappa shape index (κ2) is 6.40. The number of hydrogen-bond acceptors (Lipinski definition) is 3. The molecule has 0 fully saturated rings. The summed E-state index contributed by atoms with van der Waals surface area (Å²) in [4.78, 5) is 14.0. The van der Waals surface area contributed by atoms with Crippen molar-refractivity contribution in [3.8, 4) is 5.75 Å². The zero-order chi connectivity index (χ0) is 13.7. The number of carbonyl (C=O) groups excluding carboxylic acids is 1. The third-order valence-electron chi connectivity index (χ3n) is 2.99. The zero-order valence-electron chi connectivity index (χ0n) is 11.3. The molecule has 1 atom stereocenters. The van der Waals surface area contributed by atoms with Crippen LogP contribution in [0.3, 0.4) is 0 Å². The number of aromatic hydroxyl groups is 1. The predicted octanol–water partition coefficient (Wildman–Crippen LogP) is 1.76. The van der Waals surface area contributed by atoms with E-state index >= 15 is 0 Å². The molecule has 100 valence electrons. The van der Waals surface area contributed by atoms with Gasteiger partial charge >= 0.3 is 0 Å². The van der Waals surface area contributed by atoms with Gasteiger partial charge in [-0.3, -0.25) is 4.79 Å². The Kier molecular flexibility index (Phi) is 5.16. The molecule has 1 rings (SSSR count). The Labute approximate surface area is 108 Å².